The molecule has 0 saturated carbocycles. The predicted molar refractivity (Wildman–Crippen MR) is 59.7 cm³/mol. The molecule has 0 aliphatic heterocycles. The number of benzene rings is 1. The number of hydrogen-bond acceptors (Lipinski definition) is 2. The van der Waals surface area contributed by atoms with Crippen LogP contribution in [0.4, 0.5) is 0 Å². The molecule has 0 spiro atoms. The zero-order chi connectivity index (χ0) is 11.5. The van der Waals surface area contributed by atoms with E-state index >= 15 is 0 Å². The highest BCUT2D eigenvalue weighted by Gasteiger charge is 2.08. The van der Waals surface area contributed by atoms with Crippen molar-refractivity contribution in [2.45, 2.75) is 13.3 Å². The van der Waals surface area contributed by atoms with Gasteiger partial charge in [-0.15, -0.1) is 0 Å². The van der Waals surface area contributed by atoms with Gasteiger partial charge in [0.25, 0.3) is 0 Å². The van der Waals surface area contributed by atoms with Crippen LogP contribution in [0.25, 0.3) is 0 Å². The number of carboxylic acids is 1. The summed E-state index contributed by atoms with van der Waals surface area (Å²) in [5.74, 6) is -1.04. The molecule has 82 valence electrons. The van der Waals surface area contributed by atoms with Crippen LogP contribution in [0.2, 0.25) is 0 Å². The van der Waals surface area contributed by atoms with Crippen LogP contribution in [0.15, 0.2) is 41.0 Å². The highest BCUT2D eigenvalue weighted by Crippen LogP contribution is 2.13. The second-order valence-corrected chi connectivity index (χ2v) is 3.79. The van der Waals surface area contributed by atoms with Gasteiger partial charge in [-0.2, -0.15) is 0 Å². The number of hydrogen-bond donors (Lipinski definition) is 1. The van der Waals surface area contributed by atoms with Gasteiger partial charge in [-0.25, -0.2) is 4.79 Å². The van der Waals surface area contributed by atoms with Crippen molar-refractivity contribution < 1.29 is 14.3 Å². The summed E-state index contributed by atoms with van der Waals surface area (Å²) in [4.78, 5) is 10.6. The molecule has 3 heteroatoms. The minimum absolute atomic E-state index is 0.0119. The van der Waals surface area contributed by atoms with Crippen molar-refractivity contribution in [3.8, 4) is 0 Å². The van der Waals surface area contributed by atoms with Crippen molar-refractivity contribution in [3.63, 3.8) is 0 Å². The minimum atomic E-state index is -1.03. The van der Waals surface area contributed by atoms with Gasteiger partial charge in [-0.1, -0.05) is 29.8 Å². The highest BCUT2D eigenvalue weighted by atomic mass is 16.4. The maximum atomic E-state index is 10.6. The smallest absolute Gasteiger partial charge is 0.371 e. The molecule has 0 aliphatic rings. The van der Waals surface area contributed by atoms with Crippen molar-refractivity contribution in [1.29, 1.82) is 0 Å². The quantitative estimate of drug-likeness (QED) is 0.858. The van der Waals surface area contributed by atoms with E-state index in [1.807, 2.05) is 31.2 Å². The first-order chi connectivity index (χ1) is 7.65. The molecule has 0 aliphatic carbocycles. The lowest BCUT2D eigenvalue weighted by Crippen LogP contribution is -1.92. The van der Waals surface area contributed by atoms with Gasteiger partial charge < -0.3 is 9.52 Å². The fourth-order valence-corrected chi connectivity index (χ4v) is 1.52. The van der Waals surface area contributed by atoms with Crippen LogP contribution < -0.4 is 0 Å². The molecule has 0 amide bonds. The van der Waals surface area contributed by atoms with Gasteiger partial charge in [-0.05, 0) is 24.1 Å². The van der Waals surface area contributed by atoms with Crippen LogP contribution in [0.5, 0.6) is 0 Å². The van der Waals surface area contributed by atoms with Crippen LogP contribution in [0.1, 0.15) is 27.2 Å². The van der Waals surface area contributed by atoms with Gasteiger partial charge in [0.15, 0.2) is 0 Å². The Balaban J connectivity index is 2.14. The summed E-state index contributed by atoms with van der Waals surface area (Å²) in [6.45, 7) is 2.03. The van der Waals surface area contributed by atoms with E-state index in [0.717, 1.165) is 11.1 Å². The molecule has 0 fully saturated rings. The van der Waals surface area contributed by atoms with Gasteiger partial charge in [0.2, 0.25) is 5.76 Å². The number of aromatic carboxylic acids is 1. The first-order valence-electron chi connectivity index (χ1n) is 5.01. The van der Waals surface area contributed by atoms with Crippen LogP contribution in [-0.4, -0.2) is 11.1 Å². The molecule has 3 nitrogen and oxygen atoms in total. The normalized spacial score (nSPS) is 10.3. The average Bonchev–Trinajstić information content (AvgIpc) is 2.70. The summed E-state index contributed by atoms with van der Waals surface area (Å²) >= 11 is 0. The topological polar surface area (TPSA) is 50.4 Å². The fourth-order valence-electron chi connectivity index (χ4n) is 1.52. The number of aryl methyl sites for hydroxylation is 1. The van der Waals surface area contributed by atoms with Gasteiger partial charge in [0.1, 0.15) is 0 Å². The molecular weight excluding hydrogens is 204 g/mol. The molecular formula is C13H12O3. The maximum absolute atomic E-state index is 10.6. The molecule has 0 saturated heterocycles. The number of carboxylic acid groups (broad SMARTS) is 1. The Morgan fingerprint density at radius 1 is 1.25 bits per heavy atom. The van der Waals surface area contributed by atoms with Crippen molar-refractivity contribution in [2.75, 3.05) is 0 Å². The largest absolute Gasteiger partial charge is 0.475 e. The Morgan fingerprint density at radius 3 is 2.50 bits per heavy atom. The summed E-state index contributed by atoms with van der Waals surface area (Å²) in [6.07, 6.45) is 2.18. The van der Waals surface area contributed by atoms with E-state index < -0.39 is 5.97 Å². The van der Waals surface area contributed by atoms with Gasteiger partial charge >= 0.3 is 5.97 Å². The predicted octanol–water partition coefficient (Wildman–Crippen LogP) is 2.88. The standard InChI is InChI=1S/C13H12O3/c1-9-2-4-10(5-3-9)6-11-7-12(13(14)15)16-8-11/h2-5,7-8H,6H2,1H3,(H,14,15). The Morgan fingerprint density at radius 2 is 1.94 bits per heavy atom. The number of carbonyl (C=O) groups is 1. The first-order valence-corrected chi connectivity index (χ1v) is 5.01. The van der Waals surface area contributed by atoms with E-state index in [-0.39, 0.29) is 5.76 Å². The molecule has 0 atom stereocenters. The third kappa shape index (κ3) is 2.31. The van der Waals surface area contributed by atoms with Gasteiger partial charge in [0, 0.05) is 6.42 Å². The van der Waals surface area contributed by atoms with Crippen LogP contribution in [0, 0.1) is 6.92 Å². The zero-order valence-corrected chi connectivity index (χ0v) is 8.93. The fraction of sp³-hybridized carbons (Fsp3) is 0.154. The zero-order valence-electron chi connectivity index (χ0n) is 8.93. The van der Waals surface area contributed by atoms with E-state index in [1.165, 1.54) is 11.8 Å². The molecule has 0 radical (unpaired) electrons. The monoisotopic (exact) mass is 216 g/mol. The molecule has 2 rings (SSSR count). The summed E-state index contributed by atoms with van der Waals surface area (Å²) in [6, 6.07) is 9.69. The molecule has 0 unspecified atom stereocenters. The van der Waals surface area contributed by atoms with Gasteiger partial charge in [-0.3, -0.25) is 0 Å². The number of rotatable bonds is 3. The lowest BCUT2D eigenvalue weighted by molar-refractivity contribution is 0.0662. The van der Waals surface area contributed by atoms with Crippen molar-refractivity contribution in [2.24, 2.45) is 0 Å². The second kappa shape index (κ2) is 4.23. The van der Waals surface area contributed by atoms with Crippen molar-refractivity contribution in [1.82, 2.24) is 0 Å². The third-order valence-electron chi connectivity index (χ3n) is 2.39. The Bertz CT molecular complexity index is 494. The SMILES string of the molecule is Cc1ccc(Cc2coc(C(=O)O)c2)cc1. The molecule has 2 aromatic rings. The van der Waals surface area contributed by atoms with E-state index in [2.05, 4.69) is 0 Å². The lowest BCUT2D eigenvalue weighted by Gasteiger charge is -1.98. The minimum Gasteiger partial charge on any atom is -0.475 e. The number of furan rings is 1. The molecule has 1 aromatic carbocycles. The Labute approximate surface area is 93.3 Å². The Kier molecular flexibility index (Phi) is 2.77. The molecule has 1 N–H and O–H groups in total. The van der Waals surface area contributed by atoms with Gasteiger partial charge in [0.05, 0.1) is 6.26 Å². The van der Waals surface area contributed by atoms with Crippen LogP contribution >= 0.6 is 0 Å². The van der Waals surface area contributed by atoms with Crippen molar-refractivity contribution >= 4 is 5.97 Å². The third-order valence-corrected chi connectivity index (χ3v) is 2.39. The van der Waals surface area contributed by atoms with E-state index in [9.17, 15) is 4.79 Å². The molecule has 1 heterocycles. The van der Waals surface area contributed by atoms with E-state index in [4.69, 9.17) is 9.52 Å². The molecule has 16 heavy (non-hydrogen) atoms. The Hall–Kier alpha value is -2.03. The second-order valence-electron chi connectivity index (χ2n) is 3.79. The summed E-state index contributed by atoms with van der Waals surface area (Å²) in [7, 11) is 0. The molecule has 0 bridgehead atoms. The van der Waals surface area contributed by atoms with E-state index in [1.54, 1.807) is 6.07 Å². The summed E-state index contributed by atoms with van der Waals surface area (Å²) < 4.78 is 4.92. The lowest BCUT2D eigenvalue weighted by atomic mass is 10.1. The summed E-state index contributed by atoms with van der Waals surface area (Å²) in [5, 5.41) is 8.71. The van der Waals surface area contributed by atoms with Crippen molar-refractivity contribution in [3.05, 3.63) is 59.0 Å². The van der Waals surface area contributed by atoms with Crippen LogP contribution in [-0.2, 0) is 6.42 Å². The maximum Gasteiger partial charge on any atom is 0.371 e. The van der Waals surface area contributed by atoms with Crippen LogP contribution in [0.3, 0.4) is 0 Å². The first kappa shape index (κ1) is 10.5. The van der Waals surface area contributed by atoms with E-state index in [0.29, 0.717) is 6.42 Å². The average molecular weight is 216 g/mol. The highest BCUT2D eigenvalue weighted by molar-refractivity contribution is 5.84. The summed E-state index contributed by atoms with van der Waals surface area (Å²) in [5.41, 5.74) is 3.23. The molecule has 1 aromatic heterocycles.